The minimum atomic E-state index is -0.0530. The number of amides is 2. The van der Waals surface area contributed by atoms with E-state index in [-0.39, 0.29) is 6.10 Å². The fourth-order valence-corrected chi connectivity index (χ4v) is 12.0. The lowest BCUT2D eigenvalue weighted by atomic mass is 9.52. The zero-order valence-electron chi connectivity index (χ0n) is 47.4. The van der Waals surface area contributed by atoms with Gasteiger partial charge < -0.3 is 19.8 Å². The van der Waals surface area contributed by atoms with Gasteiger partial charge in [0.2, 0.25) is 11.8 Å². The van der Waals surface area contributed by atoms with Gasteiger partial charge in [-0.2, -0.15) is 0 Å². The van der Waals surface area contributed by atoms with E-state index in [0.29, 0.717) is 23.3 Å². The Morgan fingerprint density at radius 3 is 0.826 bits per heavy atom. The molecule has 2 aliphatic carbocycles. The van der Waals surface area contributed by atoms with Crippen molar-refractivity contribution in [1.29, 1.82) is 0 Å². The predicted molar refractivity (Wildman–Crippen MR) is 301 cm³/mol. The van der Waals surface area contributed by atoms with E-state index >= 15 is 0 Å². The van der Waals surface area contributed by atoms with Gasteiger partial charge in [0.05, 0.1) is 6.10 Å². The quantitative estimate of drug-likeness (QED) is 0.0617. The maximum absolute atomic E-state index is 13.5. The third kappa shape index (κ3) is 34.1. The first-order valence-electron chi connectivity index (χ1n) is 31.9. The summed E-state index contributed by atoms with van der Waals surface area (Å²) in [5, 5.41) is 10.1. The van der Waals surface area contributed by atoms with Crippen LogP contribution in [0.3, 0.4) is 0 Å². The molecule has 0 bridgehead atoms. The Kier molecular flexibility index (Phi) is 42.2. The molecule has 6 heteroatoms. The lowest BCUT2D eigenvalue weighted by molar-refractivity contribution is -0.132. The van der Waals surface area contributed by atoms with Crippen LogP contribution in [0.15, 0.2) is 0 Å². The van der Waals surface area contributed by atoms with Gasteiger partial charge >= 0.3 is 0 Å². The van der Waals surface area contributed by atoms with Crippen LogP contribution in [-0.4, -0.2) is 83.0 Å². The number of rotatable bonds is 53. The Hall–Kier alpha value is -1.14. The van der Waals surface area contributed by atoms with Crippen LogP contribution in [0.4, 0.5) is 0 Å². The fourth-order valence-electron chi connectivity index (χ4n) is 12.0. The Bertz CT molecular complexity index is 1020. The fraction of sp³-hybridized carbons (Fsp3) is 0.968. The predicted octanol–water partition coefficient (Wildman–Crippen LogP) is 18.5. The zero-order valence-corrected chi connectivity index (χ0v) is 47.4. The molecule has 69 heavy (non-hydrogen) atoms. The van der Waals surface area contributed by atoms with E-state index in [1.807, 2.05) is 0 Å². The molecule has 2 aliphatic rings. The van der Waals surface area contributed by atoms with Crippen molar-refractivity contribution in [3.8, 4) is 0 Å². The van der Waals surface area contributed by atoms with Crippen LogP contribution >= 0.6 is 0 Å². The molecule has 2 amide bonds. The molecule has 2 rings (SSSR count). The highest BCUT2D eigenvalue weighted by molar-refractivity contribution is 5.76. The second-order valence-corrected chi connectivity index (χ2v) is 23.4. The second kappa shape index (κ2) is 45.5. The van der Waals surface area contributed by atoms with Crippen LogP contribution in [-0.2, 0) is 9.59 Å². The summed E-state index contributed by atoms with van der Waals surface area (Å²) in [4.78, 5) is 34.3. The smallest absolute Gasteiger partial charge is 0.222 e. The van der Waals surface area contributed by atoms with Crippen molar-refractivity contribution in [3.05, 3.63) is 0 Å². The standard InChI is InChI=1S/C63H123N3O3/c1-5-9-13-17-21-25-33-43-51-65(52-44-34-26-22-18-14-10-6-2)61(68)47-39-31-29-37-41-49-64(59-55-63(56-59)57-60(67)58-63)50-42-38-30-32-40-48-62(69)66(53-45-35-27-23-19-15-11-7-3)54-46-36-28-24-20-16-12-8-4/h59-60,67H,5-58H2,1-4H3. The Morgan fingerprint density at radius 1 is 0.333 bits per heavy atom. The summed E-state index contributed by atoms with van der Waals surface area (Å²) in [6.07, 6.45) is 60.4. The normalized spacial score (nSPS) is 17.7. The molecule has 2 fully saturated rings. The number of hydrogen-bond donors (Lipinski definition) is 1. The van der Waals surface area contributed by atoms with Crippen LogP contribution < -0.4 is 0 Å². The topological polar surface area (TPSA) is 64.1 Å². The van der Waals surface area contributed by atoms with E-state index in [9.17, 15) is 14.7 Å². The van der Waals surface area contributed by atoms with Gasteiger partial charge in [0.1, 0.15) is 0 Å². The highest BCUT2D eigenvalue weighted by atomic mass is 16.3. The van der Waals surface area contributed by atoms with Crippen molar-refractivity contribution in [3.63, 3.8) is 0 Å². The van der Waals surface area contributed by atoms with Crippen molar-refractivity contribution in [2.75, 3.05) is 39.3 Å². The number of unbranched alkanes of at least 4 members (excludes halogenated alkanes) is 36. The summed E-state index contributed by atoms with van der Waals surface area (Å²) in [5.41, 5.74) is 0.453. The van der Waals surface area contributed by atoms with Gasteiger partial charge in [0.25, 0.3) is 0 Å². The first-order valence-corrected chi connectivity index (χ1v) is 31.9. The van der Waals surface area contributed by atoms with Crippen molar-refractivity contribution in [1.82, 2.24) is 14.7 Å². The molecule has 408 valence electrons. The average Bonchev–Trinajstić information content (AvgIpc) is 3.32. The molecule has 1 spiro atoms. The van der Waals surface area contributed by atoms with Crippen LogP contribution in [0.5, 0.6) is 0 Å². The van der Waals surface area contributed by atoms with Crippen molar-refractivity contribution in [2.24, 2.45) is 5.41 Å². The third-order valence-corrected chi connectivity index (χ3v) is 16.7. The number of hydrogen-bond acceptors (Lipinski definition) is 4. The minimum Gasteiger partial charge on any atom is -0.393 e. The molecule has 0 aliphatic heterocycles. The largest absolute Gasteiger partial charge is 0.393 e. The third-order valence-electron chi connectivity index (χ3n) is 16.7. The van der Waals surface area contributed by atoms with Gasteiger partial charge in [0, 0.05) is 45.1 Å². The number of nitrogens with zero attached hydrogens (tertiary/aromatic N) is 3. The molecular weight excluding hydrogens is 847 g/mol. The van der Waals surface area contributed by atoms with E-state index in [2.05, 4.69) is 42.4 Å². The molecule has 2 saturated carbocycles. The van der Waals surface area contributed by atoms with E-state index in [0.717, 1.165) is 64.7 Å². The Balaban J connectivity index is 1.70. The molecule has 6 nitrogen and oxygen atoms in total. The SMILES string of the molecule is CCCCCCCCCCN(CCCCCCCCCC)C(=O)CCCCCCCN(CCCCCCCC(=O)N(CCCCCCCCCC)CCCCCCCCCC)C1CC2(CC(O)C2)C1. The number of carbonyl (C=O) groups is 2. The van der Waals surface area contributed by atoms with Crippen molar-refractivity contribution >= 4 is 11.8 Å². The van der Waals surface area contributed by atoms with Gasteiger partial charge in [-0.15, -0.1) is 0 Å². The molecule has 1 N–H and O–H groups in total. The van der Waals surface area contributed by atoms with Gasteiger partial charge in [-0.3, -0.25) is 9.59 Å². The summed E-state index contributed by atoms with van der Waals surface area (Å²) < 4.78 is 0. The van der Waals surface area contributed by atoms with E-state index in [1.54, 1.807) is 0 Å². The minimum absolute atomic E-state index is 0.0530. The lowest BCUT2D eigenvalue weighted by Gasteiger charge is -2.59. The molecule has 0 aromatic heterocycles. The summed E-state index contributed by atoms with van der Waals surface area (Å²) in [6, 6.07) is 0.703. The van der Waals surface area contributed by atoms with E-state index in [4.69, 9.17) is 0 Å². The molecule has 0 aromatic carbocycles. The van der Waals surface area contributed by atoms with Gasteiger partial charge in [-0.25, -0.2) is 0 Å². The lowest BCUT2D eigenvalue weighted by Crippen LogP contribution is -2.58. The van der Waals surface area contributed by atoms with Crippen molar-refractivity contribution in [2.45, 2.75) is 348 Å². The molecule has 0 heterocycles. The maximum Gasteiger partial charge on any atom is 0.222 e. The highest BCUT2D eigenvalue weighted by Crippen LogP contribution is 2.57. The maximum atomic E-state index is 13.5. The average molecular weight is 971 g/mol. The van der Waals surface area contributed by atoms with Gasteiger partial charge in [0.15, 0.2) is 0 Å². The second-order valence-electron chi connectivity index (χ2n) is 23.4. The first kappa shape index (κ1) is 64.0. The van der Waals surface area contributed by atoms with Gasteiger partial charge in [-0.05, 0) is 95.6 Å². The molecule has 0 aromatic rings. The Labute approximate surface area is 432 Å². The first-order chi connectivity index (χ1) is 33.9. The van der Waals surface area contributed by atoms with Crippen molar-refractivity contribution < 1.29 is 14.7 Å². The van der Waals surface area contributed by atoms with E-state index in [1.165, 1.54) is 283 Å². The van der Waals surface area contributed by atoms with Crippen LogP contribution in [0.25, 0.3) is 0 Å². The number of aliphatic hydroxyl groups excluding tert-OH is 1. The van der Waals surface area contributed by atoms with Crippen LogP contribution in [0.2, 0.25) is 0 Å². The number of aliphatic hydroxyl groups is 1. The summed E-state index contributed by atoms with van der Waals surface area (Å²) in [6.45, 7) is 15.5. The monoisotopic (exact) mass is 970 g/mol. The van der Waals surface area contributed by atoms with Gasteiger partial charge in [-0.1, -0.05) is 246 Å². The summed E-state index contributed by atoms with van der Waals surface area (Å²) in [7, 11) is 0. The molecule has 0 radical (unpaired) electrons. The molecule has 0 unspecified atom stereocenters. The Morgan fingerprint density at radius 2 is 0.565 bits per heavy atom. The summed E-state index contributed by atoms with van der Waals surface area (Å²) >= 11 is 0. The number of carbonyl (C=O) groups excluding carboxylic acids is 2. The van der Waals surface area contributed by atoms with Crippen LogP contribution in [0.1, 0.15) is 336 Å². The zero-order chi connectivity index (χ0) is 49.7. The van der Waals surface area contributed by atoms with Crippen LogP contribution in [0, 0.1) is 5.41 Å². The molecule has 0 saturated heterocycles. The highest BCUT2D eigenvalue weighted by Gasteiger charge is 2.53. The molecule has 0 atom stereocenters. The molecular formula is C63H123N3O3. The van der Waals surface area contributed by atoms with E-state index < -0.39 is 0 Å². The summed E-state index contributed by atoms with van der Waals surface area (Å²) in [5.74, 6) is 0.840.